The van der Waals surface area contributed by atoms with Gasteiger partial charge in [-0.2, -0.15) is 13.2 Å². The van der Waals surface area contributed by atoms with Gasteiger partial charge in [0.1, 0.15) is 5.82 Å². The van der Waals surface area contributed by atoms with Gasteiger partial charge in [0.15, 0.2) is 5.65 Å². The molecule has 6 fully saturated rings. The number of amides is 1. The Morgan fingerprint density at radius 3 is 2.56 bits per heavy atom. The number of piperidine rings is 1. The molecule has 1 saturated heterocycles. The summed E-state index contributed by atoms with van der Waals surface area (Å²) in [4.78, 5) is 15.8. The first-order chi connectivity index (χ1) is 15.4. The lowest BCUT2D eigenvalue weighted by Gasteiger charge is -2.48. The summed E-state index contributed by atoms with van der Waals surface area (Å²) in [6, 6.07) is 2.42. The van der Waals surface area contributed by atoms with Gasteiger partial charge in [0, 0.05) is 31.1 Å². The van der Waals surface area contributed by atoms with Crippen molar-refractivity contribution in [2.24, 2.45) is 53.3 Å². The van der Waals surface area contributed by atoms with Crippen molar-refractivity contribution in [3.8, 4) is 0 Å². The second kappa shape index (κ2) is 5.68. The van der Waals surface area contributed by atoms with Gasteiger partial charge in [0.25, 0.3) is 0 Å². The Kier molecular flexibility index (Phi) is 3.25. The molecule has 8 rings (SSSR count). The summed E-state index contributed by atoms with van der Waals surface area (Å²) in [5.41, 5.74) is -0.285. The van der Waals surface area contributed by atoms with Gasteiger partial charge >= 0.3 is 6.18 Å². The zero-order valence-electron chi connectivity index (χ0n) is 17.6. The summed E-state index contributed by atoms with van der Waals surface area (Å²) in [6.45, 7) is 1.30. The highest BCUT2D eigenvalue weighted by atomic mass is 19.4. The van der Waals surface area contributed by atoms with Crippen LogP contribution >= 0.6 is 0 Å². The zero-order valence-corrected chi connectivity index (χ0v) is 17.6. The zero-order chi connectivity index (χ0) is 21.5. The van der Waals surface area contributed by atoms with E-state index in [-0.39, 0.29) is 11.8 Å². The number of nitrogens with zero attached hydrogens (tertiary/aromatic N) is 4. The summed E-state index contributed by atoms with van der Waals surface area (Å²) in [7, 11) is 0. The molecule has 0 aromatic carbocycles. The van der Waals surface area contributed by atoms with Gasteiger partial charge < -0.3 is 4.90 Å². The van der Waals surface area contributed by atoms with Gasteiger partial charge in [0.05, 0.1) is 5.56 Å². The molecule has 2 aromatic rings. The maximum absolute atomic E-state index is 13.8. The smallest absolute Gasteiger partial charge is 0.342 e. The maximum atomic E-state index is 13.8. The van der Waals surface area contributed by atoms with Crippen LogP contribution in [-0.2, 0) is 11.0 Å². The minimum Gasteiger partial charge on any atom is -0.342 e. The second-order valence-electron chi connectivity index (χ2n) is 11.3. The highest BCUT2D eigenvalue weighted by Gasteiger charge is 2.81. The summed E-state index contributed by atoms with van der Waals surface area (Å²) in [5, 5.41) is 8.35. The average Bonchev–Trinajstić information content (AvgIpc) is 3.46. The lowest BCUT2D eigenvalue weighted by Crippen LogP contribution is -2.51. The molecule has 0 radical (unpaired) electrons. The average molecular weight is 442 g/mol. The van der Waals surface area contributed by atoms with Crippen molar-refractivity contribution in [3.63, 3.8) is 0 Å². The van der Waals surface area contributed by atoms with E-state index in [2.05, 4.69) is 10.2 Å². The molecule has 8 heteroatoms. The molecule has 6 aliphatic rings. The molecule has 168 valence electrons. The standard InChI is InChI=1S/C24H25F3N4O/c25-24(26,27)11-3-4-16-28-29-22(31(16)9-11)10-2-1-5-30(8-10)23(32)21-18-13-7-14-17-12(13)6-15(18)19(17)20(14)21/h3-4,9-10,12-15,17-21H,1-2,5-8H2. The molecule has 1 aliphatic heterocycles. The Morgan fingerprint density at radius 1 is 0.969 bits per heavy atom. The number of aromatic nitrogens is 3. The maximum Gasteiger partial charge on any atom is 0.417 e. The number of fused-ring (bicyclic) bond motifs is 3. The van der Waals surface area contributed by atoms with Crippen molar-refractivity contribution < 1.29 is 18.0 Å². The van der Waals surface area contributed by atoms with Gasteiger partial charge in [0.2, 0.25) is 5.91 Å². The van der Waals surface area contributed by atoms with Crippen molar-refractivity contribution in [1.82, 2.24) is 19.5 Å². The third kappa shape index (κ3) is 2.02. The van der Waals surface area contributed by atoms with E-state index in [0.29, 0.717) is 35.8 Å². The molecule has 10 unspecified atom stereocenters. The van der Waals surface area contributed by atoms with Crippen LogP contribution in [0.25, 0.3) is 5.65 Å². The Morgan fingerprint density at radius 2 is 1.75 bits per heavy atom. The number of hydrogen-bond donors (Lipinski definition) is 0. The molecule has 32 heavy (non-hydrogen) atoms. The van der Waals surface area contributed by atoms with Crippen LogP contribution in [0, 0.1) is 53.3 Å². The fraction of sp³-hybridized carbons (Fsp3) is 0.708. The lowest BCUT2D eigenvalue weighted by atomic mass is 9.57. The van der Waals surface area contributed by atoms with E-state index in [1.807, 2.05) is 4.90 Å². The van der Waals surface area contributed by atoms with Crippen LogP contribution in [0.1, 0.15) is 43.0 Å². The fourth-order valence-electron chi connectivity index (χ4n) is 9.76. The molecule has 2 bridgehead atoms. The number of halogens is 3. The van der Waals surface area contributed by atoms with Gasteiger partial charge in [-0.15, -0.1) is 10.2 Å². The Balaban J connectivity index is 1.08. The highest BCUT2D eigenvalue weighted by molar-refractivity contribution is 5.81. The minimum atomic E-state index is -4.41. The van der Waals surface area contributed by atoms with Crippen molar-refractivity contribution in [2.45, 2.75) is 37.8 Å². The molecule has 5 aliphatic carbocycles. The van der Waals surface area contributed by atoms with Crippen molar-refractivity contribution in [2.75, 3.05) is 13.1 Å². The van der Waals surface area contributed by atoms with E-state index in [1.54, 1.807) is 0 Å². The number of carbonyl (C=O) groups excluding carboxylic acids is 1. The first-order valence-corrected chi connectivity index (χ1v) is 12.1. The molecule has 5 saturated carbocycles. The van der Waals surface area contributed by atoms with Crippen LogP contribution in [0.15, 0.2) is 18.3 Å². The van der Waals surface area contributed by atoms with E-state index < -0.39 is 11.7 Å². The number of alkyl halides is 3. The third-order valence-electron chi connectivity index (χ3n) is 10.5. The van der Waals surface area contributed by atoms with Crippen LogP contribution < -0.4 is 0 Å². The van der Waals surface area contributed by atoms with Crippen molar-refractivity contribution in [1.29, 1.82) is 0 Å². The predicted octanol–water partition coefficient (Wildman–Crippen LogP) is 3.85. The monoisotopic (exact) mass is 442 g/mol. The quantitative estimate of drug-likeness (QED) is 0.710. The third-order valence-corrected chi connectivity index (χ3v) is 10.5. The first kappa shape index (κ1) is 18.3. The molecular formula is C24H25F3N4O. The Labute approximate surface area is 183 Å². The Hall–Kier alpha value is -2.12. The molecule has 0 spiro atoms. The Bertz CT molecular complexity index is 1150. The molecule has 0 N–H and O–H groups in total. The van der Waals surface area contributed by atoms with E-state index in [4.69, 9.17) is 0 Å². The highest BCUT2D eigenvalue weighted by Crippen LogP contribution is 2.84. The predicted molar refractivity (Wildman–Crippen MR) is 107 cm³/mol. The van der Waals surface area contributed by atoms with E-state index >= 15 is 0 Å². The van der Waals surface area contributed by atoms with Gasteiger partial charge in [-0.05, 0) is 85.2 Å². The van der Waals surface area contributed by atoms with Crippen LogP contribution in [0.2, 0.25) is 0 Å². The molecular weight excluding hydrogens is 417 g/mol. The lowest BCUT2D eigenvalue weighted by molar-refractivity contribution is -0.145. The fourth-order valence-corrected chi connectivity index (χ4v) is 9.76. The van der Waals surface area contributed by atoms with E-state index in [1.165, 1.54) is 23.3 Å². The SMILES string of the molecule is O=C(C1C2C3CC4C5C3CC2C5C41)N1CCCC(c2nnc3ccc(C(F)(F)F)cn23)C1. The van der Waals surface area contributed by atoms with E-state index in [9.17, 15) is 18.0 Å². The molecule has 10 atom stereocenters. The number of hydrogen-bond acceptors (Lipinski definition) is 3. The minimum absolute atomic E-state index is 0.0793. The largest absolute Gasteiger partial charge is 0.417 e. The molecule has 2 aromatic heterocycles. The second-order valence-corrected chi connectivity index (χ2v) is 11.3. The summed E-state index contributed by atoms with van der Waals surface area (Å²) < 4.78 is 41.2. The normalized spacial score (nSPS) is 45.3. The topological polar surface area (TPSA) is 50.5 Å². The number of pyridine rings is 1. The summed E-state index contributed by atoms with van der Waals surface area (Å²) >= 11 is 0. The summed E-state index contributed by atoms with van der Waals surface area (Å²) in [6.07, 6.45) is 1.11. The van der Waals surface area contributed by atoms with Crippen molar-refractivity contribution in [3.05, 3.63) is 29.7 Å². The van der Waals surface area contributed by atoms with Gasteiger partial charge in [-0.3, -0.25) is 9.20 Å². The van der Waals surface area contributed by atoms with Crippen LogP contribution in [0.4, 0.5) is 13.2 Å². The number of carbonyl (C=O) groups is 1. The van der Waals surface area contributed by atoms with Gasteiger partial charge in [-0.25, -0.2) is 0 Å². The molecule has 1 amide bonds. The first-order valence-electron chi connectivity index (χ1n) is 12.1. The van der Waals surface area contributed by atoms with Gasteiger partial charge in [-0.1, -0.05) is 0 Å². The summed E-state index contributed by atoms with van der Waals surface area (Å²) in [5.74, 6) is 7.30. The van der Waals surface area contributed by atoms with Crippen LogP contribution in [-0.4, -0.2) is 38.5 Å². The van der Waals surface area contributed by atoms with Crippen molar-refractivity contribution >= 4 is 11.6 Å². The number of likely N-dealkylation sites (tertiary alicyclic amines) is 1. The molecule has 3 heterocycles. The van der Waals surface area contributed by atoms with Crippen LogP contribution in [0.5, 0.6) is 0 Å². The van der Waals surface area contributed by atoms with Crippen LogP contribution in [0.3, 0.4) is 0 Å². The number of rotatable bonds is 2. The molecule has 5 nitrogen and oxygen atoms in total. The van der Waals surface area contributed by atoms with E-state index in [0.717, 1.165) is 67.2 Å².